The van der Waals surface area contributed by atoms with Crippen LogP contribution in [0.4, 0.5) is 8.78 Å². The van der Waals surface area contributed by atoms with Gasteiger partial charge in [-0.2, -0.15) is 5.26 Å². The predicted molar refractivity (Wildman–Crippen MR) is 76.3 cm³/mol. The third-order valence-electron chi connectivity index (χ3n) is 2.62. The highest BCUT2D eigenvalue weighted by molar-refractivity contribution is 6.31. The monoisotopic (exact) mass is 309 g/mol. The van der Waals surface area contributed by atoms with E-state index in [9.17, 15) is 8.78 Å². The molecule has 2 rings (SSSR count). The SMILES string of the molecule is N#C/C(=C\c1cccc(Cl)c1F)c1cc(Cl)ccc1F. The lowest BCUT2D eigenvalue weighted by Gasteiger charge is -2.04. The molecule has 0 unspecified atom stereocenters. The van der Waals surface area contributed by atoms with Crippen LogP contribution in [0.1, 0.15) is 11.1 Å². The van der Waals surface area contributed by atoms with E-state index in [1.54, 1.807) is 6.07 Å². The van der Waals surface area contributed by atoms with Gasteiger partial charge in [-0.25, -0.2) is 8.78 Å². The molecule has 0 aliphatic rings. The summed E-state index contributed by atoms with van der Waals surface area (Å²) in [5.74, 6) is -1.27. The summed E-state index contributed by atoms with van der Waals surface area (Å²) in [5.41, 5.74) is 0.0824. The van der Waals surface area contributed by atoms with E-state index in [2.05, 4.69) is 0 Å². The lowest BCUT2D eigenvalue weighted by atomic mass is 10.0. The molecule has 0 aliphatic heterocycles. The van der Waals surface area contributed by atoms with Crippen molar-refractivity contribution in [2.24, 2.45) is 0 Å². The number of halogens is 4. The average Bonchev–Trinajstić information content (AvgIpc) is 2.43. The number of nitriles is 1. The van der Waals surface area contributed by atoms with Gasteiger partial charge in [0.25, 0.3) is 0 Å². The topological polar surface area (TPSA) is 23.8 Å². The van der Waals surface area contributed by atoms with E-state index in [0.29, 0.717) is 0 Å². The Kier molecular flexibility index (Phi) is 4.39. The standard InChI is InChI=1S/C15H7Cl2F2N/c16-11-4-5-14(18)12(7-11)10(8-20)6-9-2-1-3-13(17)15(9)19/h1-7H/b10-6+. The molecule has 0 fully saturated rings. The molecule has 2 aromatic rings. The van der Waals surface area contributed by atoms with Crippen LogP contribution in [0.15, 0.2) is 36.4 Å². The van der Waals surface area contributed by atoms with Gasteiger partial charge in [0.2, 0.25) is 0 Å². The molecule has 0 saturated heterocycles. The molecule has 0 saturated carbocycles. The van der Waals surface area contributed by atoms with Crippen molar-refractivity contribution >= 4 is 34.9 Å². The van der Waals surface area contributed by atoms with Gasteiger partial charge in [0.15, 0.2) is 0 Å². The van der Waals surface area contributed by atoms with Gasteiger partial charge in [-0.05, 0) is 30.3 Å². The maximum Gasteiger partial charge on any atom is 0.149 e. The molecule has 100 valence electrons. The van der Waals surface area contributed by atoms with E-state index in [4.69, 9.17) is 28.5 Å². The molecule has 2 aromatic carbocycles. The molecule has 0 amide bonds. The highest BCUT2D eigenvalue weighted by Gasteiger charge is 2.11. The number of benzene rings is 2. The van der Waals surface area contributed by atoms with Crippen LogP contribution in [-0.4, -0.2) is 0 Å². The van der Waals surface area contributed by atoms with E-state index < -0.39 is 11.6 Å². The Bertz CT molecular complexity index is 733. The van der Waals surface area contributed by atoms with Gasteiger partial charge in [0.1, 0.15) is 11.6 Å². The highest BCUT2D eigenvalue weighted by Crippen LogP contribution is 2.26. The molecule has 0 aliphatic carbocycles. The smallest absolute Gasteiger partial charge is 0.149 e. The Hall–Kier alpha value is -1.89. The third-order valence-corrected chi connectivity index (χ3v) is 3.15. The fourth-order valence-corrected chi connectivity index (χ4v) is 2.02. The Balaban J connectivity index is 2.58. The van der Waals surface area contributed by atoms with Crippen LogP contribution in [0, 0.1) is 23.0 Å². The summed E-state index contributed by atoms with van der Waals surface area (Å²) in [6.07, 6.45) is 1.23. The van der Waals surface area contributed by atoms with Crippen molar-refractivity contribution in [1.82, 2.24) is 0 Å². The number of hydrogen-bond donors (Lipinski definition) is 0. The van der Waals surface area contributed by atoms with Gasteiger partial charge < -0.3 is 0 Å². The fraction of sp³-hybridized carbons (Fsp3) is 0. The van der Waals surface area contributed by atoms with Crippen molar-refractivity contribution in [2.45, 2.75) is 0 Å². The maximum absolute atomic E-state index is 13.8. The number of hydrogen-bond acceptors (Lipinski definition) is 1. The minimum absolute atomic E-state index is 0.0133. The largest absolute Gasteiger partial charge is 0.206 e. The van der Waals surface area contributed by atoms with E-state index in [1.807, 2.05) is 6.07 Å². The van der Waals surface area contributed by atoms with Crippen LogP contribution in [0.5, 0.6) is 0 Å². The van der Waals surface area contributed by atoms with Crippen LogP contribution < -0.4 is 0 Å². The van der Waals surface area contributed by atoms with Crippen molar-refractivity contribution < 1.29 is 8.78 Å². The van der Waals surface area contributed by atoms with Gasteiger partial charge in [-0.1, -0.05) is 35.3 Å². The first-order valence-electron chi connectivity index (χ1n) is 5.54. The lowest BCUT2D eigenvalue weighted by Crippen LogP contribution is -1.90. The van der Waals surface area contributed by atoms with Gasteiger partial charge in [-0.3, -0.25) is 0 Å². The molecule has 5 heteroatoms. The summed E-state index contributed by atoms with van der Waals surface area (Å²) in [6.45, 7) is 0. The van der Waals surface area contributed by atoms with Crippen molar-refractivity contribution in [3.8, 4) is 6.07 Å². The summed E-state index contributed by atoms with van der Waals surface area (Å²) in [4.78, 5) is 0. The summed E-state index contributed by atoms with van der Waals surface area (Å²) in [7, 11) is 0. The van der Waals surface area contributed by atoms with E-state index in [-0.39, 0.29) is 26.7 Å². The van der Waals surface area contributed by atoms with Crippen LogP contribution in [0.2, 0.25) is 10.0 Å². The van der Waals surface area contributed by atoms with Crippen LogP contribution in [0.3, 0.4) is 0 Å². The Morgan fingerprint density at radius 2 is 1.90 bits per heavy atom. The van der Waals surface area contributed by atoms with Crippen molar-refractivity contribution in [3.63, 3.8) is 0 Å². The Morgan fingerprint density at radius 3 is 2.60 bits per heavy atom. The van der Waals surface area contributed by atoms with Crippen molar-refractivity contribution in [2.75, 3.05) is 0 Å². The zero-order valence-corrected chi connectivity index (χ0v) is 11.5. The van der Waals surface area contributed by atoms with E-state index in [0.717, 1.165) is 6.07 Å². The van der Waals surface area contributed by atoms with Gasteiger partial charge >= 0.3 is 0 Å². The molecule has 0 aromatic heterocycles. The molecule has 0 atom stereocenters. The first kappa shape index (κ1) is 14.5. The number of allylic oxidation sites excluding steroid dienone is 1. The van der Waals surface area contributed by atoms with Crippen molar-refractivity contribution in [1.29, 1.82) is 5.26 Å². The third kappa shape index (κ3) is 2.98. The molecule has 0 heterocycles. The molecule has 0 bridgehead atoms. The number of nitrogens with zero attached hydrogens (tertiary/aromatic N) is 1. The minimum atomic E-state index is -0.663. The molecular weight excluding hydrogens is 303 g/mol. The molecule has 1 nitrogen and oxygen atoms in total. The Labute approximate surface area is 124 Å². The first-order valence-corrected chi connectivity index (χ1v) is 6.29. The van der Waals surface area contributed by atoms with Gasteiger partial charge in [0, 0.05) is 16.1 Å². The highest BCUT2D eigenvalue weighted by atomic mass is 35.5. The Morgan fingerprint density at radius 1 is 1.15 bits per heavy atom. The summed E-state index contributed by atoms with van der Waals surface area (Å²) < 4.78 is 27.5. The summed E-state index contributed by atoms with van der Waals surface area (Å²) >= 11 is 11.4. The van der Waals surface area contributed by atoms with Crippen LogP contribution >= 0.6 is 23.2 Å². The average molecular weight is 310 g/mol. The molecule has 0 N–H and O–H groups in total. The normalized spacial score (nSPS) is 11.2. The summed E-state index contributed by atoms with van der Waals surface area (Å²) in [6, 6.07) is 10.0. The van der Waals surface area contributed by atoms with Crippen LogP contribution in [-0.2, 0) is 0 Å². The number of rotatable bonds is 2. The first-order chi connectivity index (χ1) is 9.52. The minimum Gasteiger partial charge on any atom is -0.206 e. The van der Waals surface area contributed by atoms with Crippen LogP contribution in [0.25, 0.3) is 11.6 Å². The quantitative estimate of drug-likeness (QED) is 0.543. The molecule has 0 radical (unpaired) electrons. The van der Waals surface area contributed by atoms with Crippen molar-refractivity contribution in [3.05, 3.63) is 69.2 Å². The second-order valence-corrected chi connectivity index (χ2v) is 4.78. The fourth-order valence-electron chi connectivity index (χ4n) is 1.66. The predicted octanol–water partition coefficient (Wildman–Crippen LogP) is 5.34. The molecular formula is C15H7Cl2F2N. The van der Waals surface area contributed by atoms with Gasteiger partial charge in [-0.15, -0.1) is 0 Å². The summed E-state index contributed by atoms with van der Waals surface area (Å²) in [5, 5.41) is 9.35. The molecule has 20 heavy (non-hydrogen) atoms. The molecule has 0 spiro atoms. The lowest BCUT2D eigenvalue weighted by molar-refractivity contribution is 0.623. The zero-order chi connectivity index (χ0) is 14.7. The maximum atomic E-state index is 13.8. The zero-order valence-electron chi connectivity index (χ0n) is 10.0. The van der Waals surface area contributed by atoms with Gasteiger partial charge in [0.05, 0.1) is 16.7 Å². The second-order valence-electron chi connectivity index (χ2n) is 3.94. The van der Waals surface area contributed by atoms with E-state index in [1.165, 1.54) is 30.3 Å². The second kappa shape index (κ2) is 6.04. The van der Waals surface area contributed by atoms with E-state index >= 15 is 0 Å².